The van der Waals surface area contributed by atoms with Crippen LogP contribution < -0.4 is 4.90 Å². The Balaban J connectivity index is 1.74. The predicted octanol–water partition coefficient (Wildman–Crippen LogP) is 3.20. The standard InChI is InChI=1S/C18H20N4S/c23-11-10-20-13-21(12-15-6-2-1-3-7-15)18-19-16-8-4-5-9-17(16)22(18)14-20/h1-9,23H,10-14H2. The average molecular weight is 324 g/mol. The summed E-state index contributed by atoms with van der Waals surface area (Å²) in [5, 5.41) is 0. The number of nitrogens with zero attached hydrogens (tertiary/aromatic N) is 4. The molecule has 0 saturated heterocycles. The molecule has 0 unspecified atom stereocenters. The highest BCUT2D eigenvalue weighted by atomic mass is 32.1. The number of imidazole rings is 1. The van der Waals surface area contributed by atoms with Gasteiger partial charge in [0.05, 0.1) is 24.4 Å². The summed E-state index contributed by atoms with van der Waals surface area (Å²) in [6, 6.07) is 18.9. The van der Waals surface area contributed by atoms with Crippen LogP contribution in [-0.2, 0) is 13.2 Å². The number of rotatable bonds is 4. The maximum atomic E-state index is 4.87. The van der Waals surface area contributed by atoms with Crippen LogP contribution in [0, 0.1) is 0 Å². The van der Waals surface area contributed by atoms with Crippen molar-refractivity contribution in [3.05, 3.63) is 60.2 Å². The topological polar surface area (TPSA) is 24.3 Å². The van der Waals surface area contributed by atoms with Crippen LogP contribution in [0.15, 0.2) is 54.6 Å². The molecule has 4 nitrogen and oxygen atoms in total. The predicted molar refractivity (Wildman–Crippen MR) is 97.8 cm³/mol. The third-order valence-corrected chi connectivity index (χ3v) is 4.46. The van der Waals surface area contributed by atoms with Gasteiger partial charge < -0.3 is 4.90 Å². The molecule has 1 aliphatic heterocycles. The van der Waals surface area contributed by atoms with Gasteiger partial charge in [-0.2, -0.15) is 12.6 Å². The van der Waals surface area contributed by atoms with Crippen molar-refractivity contribution < 1.29 is 0 Å². The van der Waals surface area contributed by atoms with Crippen LogP contribution in [0.5, 0.6) is 0 Å². The van der Waals surface area contributed by atoms with Crippen LogP contribution in [0.3, 0.4) is 0 Å². The van der Waals surface area contributed by atoms with Crippen LogP contribution in [0.4, 0.5) is 5.95 Å². The van der Waals surface area contributed by atoms with Gasteiger partial charge in [-0.15, -0.1) is 0 Å². The number of thiol groups is 1. The summed E-state index contributed by atoms with van der Waals surface area (Å²) in [5.74, 6) is 1.92. The second kappa shape index (κ2) is 6.26. The van der Waals surface area contributed by atoms with E-state index in [1.54, 1.807) is 0 Å². The van der Waals surface area contributed by atoms with E-state index in [0.717, 1.165) is 43.6 Å². The molecule has 0 spiro atoms. The van der Waals surface area contributed by atoms with E-state index in [0.29, 0.717) is 0 Å². The number of fused-ring (bicyclic) bond motifs is 3. The fourth-order valence-electron chi connectivity index (χ4n) is 3.20. The van der Waals surface area contributed by atoms with Gasteiger partial charge in [-0.3, -0.25) is 9.47 Å². The first kappa shape index (κ1) is 14.6. The van der Waals surface area contributed by atoms with E-state index in [1.807, 2.05) is 6.07 Å². The van der Waals surface area contributed by atoms with E-state index < -0.39 is 0 Å². The molecule has 0 amide bonds. The molecule has 0 atom stereocenters. The SMILES string of the molecule is SCCN1CN(Cc2ccccc2)c2nc3ccccc3n2C1. The van der Waals surface area contributed by atoms with E-state index in [1.165, 1.54) is 11.1 Å². The van der Waals surface area contributed by atoms with Gasteiger partial charge in [0.2, 0.25) is 5.95 Å². The zero-order chi connectivity index (χ0) is 15.6. The Bertz CT molecular complexity index is 799. The number of anilines is 1. The second-order valence-electron chi connectivity index (χ2n) is 5.91. The maximum Gasteiger partial charge on any atom is 0.209 e. The number of hydrogen-bond acceptors (Lipinski definition) is 4. The summed E-state index contributed by atoms with van der Waals surface area (Å²) in [7, 11) is 0. The number of aromatic nitrogens is 2. The Kier molecular flexibility index (Phi) is 3.97. The molecule has 0 radical (unpaired) electrons. The Morgan fingerprint density at radius 2 is 1.74 bits per heavy atom. The zero-order valence-electron chi connectivity index (χ0n) is 13.0. The molecule has 1 aromatic heterocycles. The lowest BCUT2D eigenvalue weighted by atomic mass is 10.2. The molecule has 0 saturated carbocycles. The van der Waals surface area contributed by atoms with Crippen molar-refractivity contribution in [2.75, 3.05) is 23.9 Å². The monoisotopic (exact) mass is 324 g/mol. The zero-order valence-corrected chi connectivity index (χ0v) is 13.9. The number of para-hydroxylation sites is 2. The summed E-state index contributed by atoms with van der Waals surface area (Å²) < 4.78 is 2.31. The van der Waals surface area contributed by atoms with E-state index in [9.17, 15) is 0 Å². The lowest BCUT2D eigenvalue weighted by Gasteiger charge is -2.37. The van der Waals surface area contributed by atoms with Crippen molar-refractivity contribution in [2.45, 2.75) is 13.2 Å². The Hall–Kier alpha value is -1.98. The minimum Gasteiger partial charge on any atom is -0.325 e. The Morgan fingerprint density at radius 1 is 0.957 bits per heavy atom. The minimum absolute atomic E-state index is 0.862. The van der Waals surface area contributed by atoms with Crippen LogP contribution >= 0.6 is 12.6 Å². The fraction of sp³-hybridized carbons (Fsp3) is 0.278. The lowest BCUT2D eigenvalue weighted by Crippen LogP contribution is -2.45. The van der Waals surface area contributed by atoms with Gasteiger partial charge in [-0.05, 0) is 17.7 Å². The summed E-state index contributed by atoms with van der Waals surface area (Å²) in [6.45, 7) is 3.61. The Morgan fingerprint density at radius 3 is 2.57 bits per heavy atom. The summed E-state index contributed by atoms with van der Waals surface area (Å²) in [5.41, 5.74) is 3.57. The van der Waals surface area contributed by atoms with Gasteiger partial charge in [0.1, 0.15) is 0 Å². The van der Waals surface area contributed by atoms with Gasteiger partial charge in [0, 0.05) is 18.8 Å². The van der Waals surface area contributed by atoms with Gasteiger partial charge >= 0.3 is 0 Å². The van der Waals surface area contributed by atoms with Crippen LogP contribution in [0.25, 0.3) is 11.0 Å². The lowest BCUT2D eigenvalue weighted by molar-refractivity contribution is 0.210. The van der Waals surface area contributed by atoms with E-state index in [2.05, 4.69) is 75.5 Å². The normalized spacial score (nSPS) is 15.1. The highest BCUT2D eigenvalue weighted by Crippen LogP contribution is 2.27. The van der Waals surface area contributed by atoms with Crippen molar-refractivity contribution >= 4 is 29.6 Å². The molecule has 3 aromatic rings. The van der Waals surface area contributed by atoms with Crippen LogP contribution in [-0.4, -0.2) is 33.4 Å². The summed E-state index contributed by atoms with van der Waals surface area (Å²) >= 11 is 4.40. The highest BCUT2D eigenvalue weighted by Gasteiger charge is 2.25. The first-order valence-electron chi connectivity index (χ1n) is 7.92. The molecular weight excluding hydrogens is 304 g/mol. The van der Waals surface area contributed by atoms with Gasteiger partial charge in [0.25, 0.3) is 0 Å². The van der Waals surface area contributed by atoms with Crippen LogP contribution in [0.1, 0.15) is 5.56 Å². The molecule has 0 bridgehead atoms. The van der Waals surface area contributed by atoms with Crippen molar-refractivity contribution in [2.24, 2.45) is 0 Å². The second-order valence-corrected chi connectivity index (χ2v) is 6.36. The number of benzene rings is 2. The summed E-state index contributed by atoms with van der Waals surface area (Å²) in [4.78, 5) is 9.63. The third kappa shape index (κ3) is 2.82. The molecule has 5 heteroatoms. The van der Waals surface area contributed by atoms with Crippen molar-refractivity contribution in [1.82, 2.24) is 14.5 Å². The third-order valence-electron chi connectivity index (χ3n) is 4.26. The van der Waals surface area contributed by atoms with Crippen molar-refractivity contribution in [1.29, 1.82) is 0 Å². The first-order chi connectivity index (χ1) is 11.3. The molecule has 2 aromatic carbocycles. The quantitative estimate of drug-likeness (QED) is 0.746. The van der Waals surface area contributed by atoms with Gasteiger partial charge in [-0.25, -0.2) is 4.98 Å². The first-order valence-corrected chi connectivity index (χ1v) is 8.56. The molecule has 1 aliphatic rings. The maximum absolute atomic E-state index is 4.87. The molecule has 0 N–H and O–H groups in total. The molecule has 0 fully saturated rings. The molecule has 2 heterocycles. The molecular formula is C18H20N4S. The molecule has 0 aliphatic carbocycles. The average Bonchev–Trinajstić information content (AvgIpc) is 2.95. The Labute approximate surface area is 141 Å². The minimum atomic E-state index is 0.862. The molecule has 118 valence electrons. The molecule has 23 heavy (non-hydrogen) atoms. The van der Waals surface area contributed by atoms with Crippen molar-refractivity contribution in [3.63, 3.8) is 0 Å². The molecule has 4 rings (SSSR count). The fourth-order valence-corrected chi connectivity index (χ4v) is 3.48. The van der Waals surface area contributed by atoms with Gasteiger partial charge in [0.15, 0.2) is 0 Å². The van der Waals surface area contributed by atoms with Crippen LogP contribution in [0.2, 0.25) is 0 Å². The van der Waals surface area contributed by atoms with E-state index in [-0.39, 0.29) is 0 Å². The summed E-state index contributed by atoms with van der Waals surface area (Å²) in [6.07, 6.45) is 0. The smallest absolute Gasteiger partial charge is 0.209 e. The van der Waals surface area contributed by atoms with Gasteiger partial charge in [-0.1, -0.05) is 42.5 Å². The number of hydrogen-bond donors (Lipinski definition) is 1. The van der Waals surface area contributed by atoms with Crippen molar-refractivity contribution in [3.8, 4) is 0 Å². The van der Waals surface area contributed by atoms with E-state index in [4.69, 9.17) is 4.98 Å². The largest absolute Gasteiger partial charge is 0.325 e. The van der Waals surface area contributed by atoms with E-state index >= 15 is 0 Å². The highest BCUT2D eigenvalue weighted by molar-refractivity contribution is 7.80.